The second kappa shape index (κ2) is 15.0. The van der Waals surface area contributed by atoms with Crippen LogP contribution in [0.25, 0.3) is 0 Å². The summed E-state index contributed by atoms with van der Waals surface area (Å²) in [5.74, 6) is 1.78. The van der Waals surface area contributed by atoms with Gasteiger partial charge in [0, 0.05) is 0 Å². The molecule has 70 valence electrons. The van der Waals surface area contributed by atoms with Crippen LogP contribution in [0.4, 0.5) is 0 Å². The molecule has 0 aliphatic heterocycles. The average molecular weight is 292 g/mol. The second-order valence-electron chi connectivity index (χ2n) is 3.00. The van der Waals surface area contributed by atoms with E-state index in [-0.39, 0.29) is 47.0 Å². The van der Waals surface area contributed by atoms with E-state index in [0.717, 1.165) is 0 Å². The zero-order chi connectivity index (χ0) is 7.82. The first-order valence-electron chi connectivity index (χ1n) is 4.68. The summed E-state index contributed by atoms with van der Waals surface area (Å²) in [5.41, 5.74) is 0. The third kappa shape index (κ3) is 11.5. The molecule has 0 aliphatic carbocycles. The first kappa shape index (κ1) is 19.1. The predicted octanol–water partition coefficient (Wildman–Crippen LogP) is 0.584. The predicted molar refractivity (Wildman–Crippen MR) is 53.7 cm³/mol. The fourth-order valence-corrected chi connectivity index (χ4v) is 1.44. The van der Waals surface area contributed by atoms with Crippen LogP contribution in [-0.2, 0) is 0 Å². The third-order valence-electron chi connectivity index (χ3n) is 1.81. The summed E-state index contributed by atoms with van der Waals surface area (Å²) in [6.45, 7) is 6.81. The molecular formula is C10H21IMg. The van der Waals surface area contributed by atoms with Gasteiger partial charge in [0.25, 0.3) is 0 Å². The van der Waals surface area contributed by atoms with Crippen molar-refractivity contribution in [3.8, 4) is 0 Å². The van der Waals surface area contributed by atoms with Crippen molar-refractivity contribution in [2.24, 2.45) is 0 Å². The number of halogens is 1. The summed E-state index contributed by atoms with van der Waals surface area (Å²) in [4.78, 5) is 0. The Morgan fingerprint density at radius 3 is 1.17 bits per heavy atom. The fourth-order valence-electron chi connectivity index (χ4n) is 1.44. The Kier molecular flexibility index (Phi) is 23.9. The molecule has 0 aromatic carbocycles. The topological polar surface area (TPSA) is 0 Å². The Balaban J connectivity index is -0.000000405. The van der Waals surface area contributed by atoms with Crippen molar-refractivity contribution in [3.05, 3.63) is 5.92 Å². The van der Waals surface area contributed by atoms with Gasteiger partial charge in [0.1, 0.15) is 0 Å². The summed E-state index contributed by atoms with van der Waals surface area (Å²) in [6, 6.07) is 0. The van der Waals surface area contributed by atoms with Crippen molar-refractivity contribution in [1.29, 1.82) is 0 Å². The van der Waals surface area contributed by atoms with Crippen molar-refractivity contribution >= 4 is 23.1 Å². The molecule has 0 radical (unpaired) electrons. The molecule has 0 unspecified atom stereocenters. The Morgan fingerprint density at radius 2 is 1.00 bits per heavy atom. The van der Waals surface area contributed by atoms with E-state index >= 15 is 0 Å². The maximum atomic E-state index is 2.27. The molecule has 0 spiro atoms. The van der Waals surface area contributed by atoms with E-state index in [2.05, 4.69) is 20.8 Å². The molecule has 0 aromatic rings. The van der Waals surface area contributed by atoms with Crippen LogP contribution in [0.3, 0.4) is 0 Å². The van der Waals surface area contributed by atoms with Gasteiger partial charge in [-0.05, 0) is 0 Å². The largest absolute Gasteiger partial charge is 2.00 e. The molecule has 0 aromatic heterocycles. The van der Waals surface area contributed by atoms with Gasteiger partial charge in [0.15, 0.2) is 0 Å². The summed E-state index contributed by atoms with van der Waals surface area (Å²) < 4.78 is 0. The maximum Gasteiger partial charge on any atom is 2.00 e. The molecule has 0 fully saturated rings. The molecule has 0 nitrogen and oxygen atoms in total. The van der Waals surface area contributed by atoms with E-state index in [9.17, 15) is 0 Å². The van der Waals surface area contributed by atoms with Crippen molar-refractivity contribution < 1.29 is 24.0 Å². The van der Waals surface area contributed by atoms with Crippen molar-refractivity contribution in [3.63, 3.8) is 0 Å². The van der Waals surface area contributed by atoms with Crippen LogP contribution >= 0.6 is 0 Å². The van der Waals surface area contributed by atoms with E-state index in [1.165, 1.54) is 38.5 Å². The molecule has 12 heavy (non-hydrogen) atoms. The Labute approximate surface area is 111 Å². The van der Waals surface area contributed by atoms with Gasteiger partial charge in [0.2, 0.25) is 0 Å². The Bertz CT molecular complexity index is 52.6. The standard InChI is InChI=1S/C10H21.HI.Mg/c1-4-7-10(8-5-2)9-6-3;;/h4-9H2,1-3H3;1H;/q-1;;+2/p-1. The van der Waals surface area contributed by atoms with Gasteiger partial charge >= 0.3 is 23.1 Å². The van der Waals surface area contributed by atoms with E-state index in [0.29, 0.717) is 0 Å². The van der Waals surface area contributed by atoms with E-state index in [1.807, 2.05) is 0 Å². The van der Waals surface area contributed by atoms with Gasteiger partial charge in [-0.25, -0.2) is 0 Å². The summed E-state index contributed by atoms with van der Waals surface area (Å²) >= 11 is 0. The van der Waals surface area contributed by atoms with Crippen LogP contribution in [0.2, 0.25) is 0 Å². The molecule has 0 atom stereocenters. The van der Waals surface area contributed by atoms with Crippen molar-refractivity contribution in [1.82, 2.24) is 0 Å². The number of hydrogen-bond donors (Lipinski definition) is 0. The van der Waals surface area contributed by atoms with Crippen LogP contribution in [0.5, 0.6) is 0 Å². The molecule has 2 heteroatoms. The van der Waals surface area contributed by atoms with Gasteiger partial charge < -0.3 is 29.9 Å². The molecule has 0 N–H and O–H groups in total. The van der Waals surface area contributed by atoms with Crippen LogP contribution in [0, 0.1) is 5.92 Å². The van der Waals surface area contributed by atoms with Crippen molar-refractivity contribution in [2.75, 3.05) is 0 Å². The van der Waals surface area contributed by atoms with Crippen LogP contribution in [0.15, 0.2) is 0 Å². The summed E-state index contributed by atoms with van der Waals surface area (Å²) in [5, 5.41) is 0. The van der Waals surface area contributed by atoms with Gasteiger partial charge in [-0.1, -0.05) is 40.0 Å². The smallest absolute Gasteiger partial charge is 1.00 e. The van der Waals surface area contributed by atoms with Crippen molar-refractivity contribution in [2.45, 2.75) is 59.3 Å². The van der Waals surface area contributed by atoms with Crippen LogP contribution in [0.1, 0.15) is 59.3 Å². The van der Waals surface area contributed by atoms with E-state index in [1.54, 1.807) is 5.92 Å². The minimum Gasteiger partial charge on any atom is -1.00 e. The molecule has 0 saturated heterocycles. The number of hydrogen-bond acceptors (Lipinski definition) is 0. The Morgan fingerprint density at radius 1 is 0.750 bits per heavy atom. The molecule has 0 amide bonds. The Hall–Kier alpha value is 1.50. The molecule has 0 heterocycles. The molecular weight excluding hydrogens is 271 g/mol. The first-order chi connectivity index (χ1) is 4.85. The molecule has 0 bridgehead atoms. The SMILES string of the molecule is CCC[C-](CCC)CCC.[I-].[Mg+2]. The van der Waals surface area contributed by atoms with Gasteiger partial charge in [0.05, 0.1) is 0 Å². The first-order valence-corrected chi connectivity index (χ1v) is 4.68. The van der Waals surface area contributed by atoms with E-state index < -0.39 is 0 Å². The zero-order valence-electron chi connectivity index (χ0n) is 8.83. The normalized spacial score (nSPS) is 9.00. The minimum absolute atomic E-state index is 0. The van der Waals surface area contributed by atoms with Crippen LogP contribution < -0.4 is 24.0 Å². The third-order valence-corrected chi connectivity index (χ3v) is 1.81. The molecule has 0 rings (SSSR count). The summed E-state index contributed by atoms with van der Waals surface area (Å²) in [6.07, 6.45) is 8.07. The van der Waals surface area contributed by atoms with Crippen LogP contribution in [-0.4, -0.2) is 23.1 Å². The number of rotatable bonds is 6. The van der Waals surface area contributed by atoms with E-state index in [4.69, 9.17) is 0 Å². The van der Waals surface area contributed by atoms with Gasteiger partial charge in [-0.3, -0.25) is 0 Å². The minimum atomic E-state index is 0. The molecule has 0 aliphatic rings. The zero-order valence-corrected chi connectivity index (χ0v) is 12.4. The average Bonchev–Trinajstić information content (AvgIpc) is 1.90. The quantitative estimate of drug-likeness (QED) is 0.382. The second-order valence-corrected chi connectivity index (χ2v) is 3.00. The van der Waals surface area contributed by atoms with Gasteiger partial charge in [-0.2, -0.15) is 19.3 Å². The summed E-state index contributed by atoms with van der Waals surface area (Å²) in [7, 11) is 0. The maximum absolute atomic E-state index is 2.27. The molecule has 0 saturated carbocycles. The monoisotopic (exact) mass is 292 g/mol. The van der Waals surface area contributed by atoms with Gasteiger partial charge in [-0.15, -0.1) is 0 Å². The fraction of sp³-hybridized carbons (Fsp3) is 0.900.